The second-order valence-electron chi connectivity index (χ2n) is 2.76. The minimum Gasteiger partial charge on any atom is -0.481 e. The highest BCUT2D eigenvalue weighted by Crippen LogP contribution is 2.16. The number of halogens is 2. The molecule has 0 aliphatic rings. The summed E-state index contributed by atoms with van der Waals surface area (Å²) in [6.07, 6.45) is -0.0678. The molecule has 5 heteroatoms. The zero-order valence-electron chi connectivity index (χ0n) is 7.31. The van der Waals surface area contributed by atoms with Crippen LogP contribution in [0.25, 0.3) is 0 Å². The molecule has 0 unspecified atom stereocenters. The third kappa shape index (κ3) is 3.96. The quantitative estimate of drug-likeness (QED) is 0.845. The molecule has 14 heavy (non-hydrogen) atoms. The van der Waals surface area contributed by atoms with Gasteiger partial charge in [-0.2, -0.15) is 0 Å². The van der Waals surface area contributed by atoms with Gasteiger partial charge in [-0.05, 0) is 17.7 Å². The van der Waals surface area contributed by atoms with Crippen molar-refractivity contribution in [2.75, 3.05) is 0 Å². The lowest BCUT2D eigenvalue weighted by Crippen LogP contribution is -2.14. The number of carboxylic acid groups (broad SMARTS) is 1. The first-order valence-electron chi connectivity index (χ1n) is 3.82. The molecule has 3 nitrogen and oxygen atoms in total. The van der Waals surface area contributed by atoms with Gasteiger partial charge in [0.1, 0.15) is 0 Å². The Bertz CT molecular complexity index is 300. The number of hydrogen-bond donors (Lipinski definition) is 2. The Kier molecular flexibility index (Phi) is 5.53. The van der Waals surface area contributed by atoms with Crippen molar-refractivity contribution in [3.63, 3.8) is 0 Å². The third-order valence-corrected chi connectivity index (χ3v) is 1.94. The Hall–Kier alpha value is -0.770. The number of hydrogen-bond acceptors (Lipinski definition) is 2. The molecule has 1 aromatic rings. The zero-order chi connectivity index (χ0) is 9.84. The van der Waals surface area contributed by atoms with Crippen LogP contribution in [-0.2, 0) is 4.79 Å². The second-order valence-corrected chi connectivity index (χ2v) is 3.19. The fourth-order valence-electron chi connectivity index (χ4n) is 1.02. The number of carboxylic acids is 1. The zero-order valence-corrected chi connectivity index (χ0v) is 8.89. The van der Waals surface area contributed by atoms with E-state index < -0.39 is 12.0 Å². The minimum atomic E-state index is -0.901. The van der Waals surface area contributed by atoms with E-state index in [0.717, 1.165) is 5.56 Å². The lowest BCUT2D eigenvalue weighted by Gasteiger charge is -2.08. The van der Waals surface area contributed by atoms with Crippen molar-refractivity contribution in [2.24, 2.45) is 5.73 Å². The number of rotatable bonds is 3. The van der Waals surface area contributed by atoms with E-state index in [1.165, 1.54) is 0 Å². The maximum absolute atomic E-state index is 10.3. The molecule has 1 atom stereocenters. The van der Waals surface area contributed by atoms with Crippen molar-refractivity contribution >= 4 is 30.0 Å². The van der Waals surface area contributed by atoms with Gasteiger partial charge in [0.15, 0.2) is 0 Å². The molecule has 0 aliphatic carbocycles. The van der Waals surface area contributed by atoms with Crippen LogP contribution in [0.1, 0.15) is 18.0 Å². The number of benzene rings is 1. The van der Waals surface area contributed by atoms with Crippen LogP contribution in [0.15, 0.2) is 24.3 Å². The van der Waals surface area contributed by atoms with Gasteiger partial charge in [0.05, 0.1) is 6.42 Å². The third-order valence-electron chi connectivity index (χ3n) is 1.69. The predicted molar refractivity (Wildman–Crippen MR) is 57.9 cm³/mol. The molecule has 3 N–H and O–H groups in total. The van der Waals surface area contributed by atoms with Crippen molar-refractivity contribution in [1.82, 2.24) is 0 Å². The predicted octanol–water partition coefficient (Wildman–Crippen LogP) is 2.24. The Labute approximate surface area is 93.3 Å². The van der Waals surface area contributed by atoms with Gasteiger partial charge in [-0.25, -0.2) is 0 Å². The molecular weight excluding hydrogens is 225 g/mol. The van der Waals surface area contributed by atoms with Crippen LogP contribution in [-0.4, -0.2) is 11.1 Å². The first-order valence-corrected chi connectivity index (χ1v) is 4.20. The van der Waals surface area contributed by atoms with Crippen molar-refractivity contribution in [1.29, 1.82) is 0 Å². The lowest BCUT2D eigenvalue weighted by molar-refractivity contribution is -0.137. The Morgan fingerprint density at radius 2 is 1.93 bits per heavy atom. The highest BCUT2D eigenvalue weighted by Gasteiger charge is 2.09. The van der Waals surface area contributed by atoms with E-state index in [9.17, 15) is 4.79 Å². The second kappa shape index (κ2) is 5.86. The summed E-state index contributed by atoms with van der Waals surface area (Å²) in [4.78, 5) is 10.3. The molecule has 0 saturated heterocycles. The summed E-state index contributed by atoms with van der Waals surface area (Å²) in [7, 11) is 0. The molecule has 78 valence electrons. The summed E-state index contributed by atoms with van der Waals surface area (Å²) >= 11 is 5.66. The summed E-state index contributed by atoms with van der Waals surface area (Å²) in [5.41, 5.74) is 6.41. The summed E-state index contributed by atoms with van der Waals surface area (Å²) in [6.45, 7) is 0. The Morgan fingerprint density at radius 3 is 2.36 bits per heavy atom. The molecule has 0 heterocycles. The van der Waals surface area contributed by atoms with Crippen molar-refractivity contribution in [3.05, 3.63) is 34.9 Å². The fourth-order valence-corrected chi connectivity index (χ4v) is 1.14. The van der Waals surface area contributed by atoms with Gasteiger partial charge in [0, 0.05) is 11.1 Å². The first kappa shape index (κ1) is 13.2. The molecule has 0 radical (unpaired) electrons. The summed E-state index contributed by atoms with van der Waals surface area (Å²) in [5, 5.41) is 9.11. The normalized spacial score (nSPS) is 11.6. The fraction of sp³-hybridized carbons (Fsp3) is 0.222. The van der Waals surface area contributed by atoms with Gasteiger partial charge in [-0.3, -0.25) is 4.79 Å². The number of nitrogens with two attached hydrogens (primary N) is 1. The smallest absolute Gasteiger partial charge is 0.305 e. The average Bonchev–Trinajstić information content (AvgIpc) is 2.04. The topological polar surface area (TPSA) is 63.3 Å². The molecule has 0 saturated carbocycles. The van der Waals surface area contributed by atoms with Crippen LogP contribution in [0.5, 0.6) is 0 Å². The number of carbonyl (C=O) groups is 1. The molecule has 0 fully saturated rings. The van der Waals surface area contributed by atoms with Gasteiger partial charge in [-0.1, -0.05) is 23.7 Å². The van der Waals surface area contributed by atoms with Crippen molar-refractivity contribution in [2.45, 2.75) is 12.5 Å². The standard InChI is InChI=1S/C9H10ClNO2.ClH/c10-7-3-1-6(2-4-7)8(11)5-9(12)13;/h1-4,8H,5,11H2,(H,12,13);1H/t8-;/m0./s1. The first-order chi connectivity index (χ1) is 6.09. The van der Waals surface area contributed by atoms with Crippen LogP contribution in [0.2, 0.25) is 5.02 Å². The van der Waals surface area contributed by atoms with Gasteiger partial charge in [0.2, 0.25) is 0 Å². The van der Waals surface area contributed by atoms with Gasteiger partial charge < -0.3 is 10.8 Å². The molecule has 1 aromatic carbocycles. The van der Waals surface area contributed by atoms with E-state index in [0.29, 0.717) is 5.02 Å². The Morgan fingerprint density at radius 1 is 1.43 bits per heavy atom. The molecule has 0 spiro atoms. The maximum atomic E-state index is 10.3. The minimum absolute atomic E-state index is 0. The lowest BCUT2D eigenvalue weighted by atomic mass is 10.1. The maximum Gasteiger partial charge on any atom is 0.305 e. The molecule has 0 bridgehead atoms. The van der Waals surface area contributed by atoms with Crippen LogP contribution in [0, 0.1) is 0 Å². The summed E-state index contributed by atoms with van der Waals surface area (Å²) in [6, 6.07) is 6.39. The monoisotopic (exact) mass is 235 g/mol. The van der Waals surface area contributed by atoms with E-state index in [1.807, 2.05) is 0 Å². The van der Waals surface area contributed by atoms with E-state index in [1.54, 1.807) is 24.3 Å². The van der Waals surface area contributed by atoms with Gasteiger partial charge in [0.25, 0.3) is 0 Å². The Balaban J connectivity index is 0.00000169. The molecule has 0 aliphatic heterocycles. The average molecular weight is 236 g/mol. The van der Waals surface area contributed by atoms with Crippen LogP contribution in [0.3, 0.4) is 0 Å². The molecular formula is C9H11Cl2NO2. The largest absolute Gasteiger partial charge is 0.481 e. The van der Waals surface area contributed by atoms with Crippen LogP contribution >= 0.6 is 24.0 Å². The van der Waals surface area contributed by atoms with Gasteiger partial charge >= 0.3 is 5.97 Å². The van der Waals surface area contributed by atoms with Gasteiger partial charge in [-0.15, -0.1) is 12.4 Å². The van der Waals surface area contributed by atoms with Crippen LogP contribution in [0.4, 0.5) is 0 Å². The molecule has 0 amide bonds. The van der Waals surface area contributed by atoms with E-state index in [2.05, 4.69) is 0 Å². The molecule has 1 rings (SSSR count). The van der Waals surface area contributed by atoms with Crippen LogP contribution < -0.4 is 5.73 Å². The highest BCUT2D eigenvalue weighted by atomic mass is 35.5. The van der Waals surface area contributed by atoms with E-state index >= 15 is 0 Å². The highest BCUT2D eigenvalue weighted by molar-refractivity contribution is 6.30. The number of aliphatic carboxylic acids is 1. The molecule has 0 aromatic heterocycles. The van der Waals surface area contributed by atoms with Crippen molar-refractivity contribution < 1.29 is 9.90 Å². The summed E-state index contributed by atoms with van der Waals surface area (Å²) in [5.74, 6) is -0.901. The van der Waals surface area contributed by atoms with E-state index in [-0.39, 0.29) is 18.8 Å². The van der Waals surface area contributed by atoms with Crippen molar-refractivity contribution in [3.8, 4) is 0 Å². The SMILES string of the molecule is Cl.N[C@@H](CC(=O)O)c1ccc(Cl)cc1. The summed E-state index contributed by atoms with van der Waals surface area (Å²) < 4.78 is 0. The van der Waals surface area contributed by atoms with E-state index in [4.69, 9.17) is 22.4 Å².